The minimum Gasteiger partial charge on any atom is -0.370 e. The zero-order chi connectivity index (χ0) is 12.5. The van der Waals surface area contributed by atoms with Crippen LogP contribution in [0.5, 0.6) is 0 Å². The van der Waals surface area contributed by atoms with Gasteiger partial charge in [-0.05, 0) is 26.7 Å². The minimum atomic E-state index is 0.547. The highest BCUT2D eigenvalue weighted by Crippen LogP contribution is 2.38. The smallest absolute Gasteiger partial charge is 0.143 e. The Morgan fingerprint density at radius 3 is 2.83 bits per heavy atom. The molecule has 5 heteroatoms. The number of rotatable bonds is 4. The highest BCUT2D eigenvalue weighted by molar-refractivity contribution is 5.43. The molecule has 2 aromatic rings. The van der Waals surface area contributed by atoms with Gasteiger partial charge in [-0.3, -0.25) is 4.57 Å². The number of aryl methyl sites for hydroxylation is 1. The Labute approximate surface area is 106 Å². The van der Waals surface area contributed by atoms with E-state index >= 15 is 0 Å². The van der Waals surface area contributed by atoms with E-state index in [1.54, 1.807) is 6.20 Å². The highest BCUT2D eigenvalue weighted by atomic mass is 15.2. The average Bonchev–Trinajstić information content (AvgIpc) is 3.12. The maximum atomic E-state index is 4.65. The molecule has 94 valence electrons. The molecule has 1 aliphatic rings. The summed E-state index contributed by atoms with van der Waals surface area (Å²) < 4.78 is 1.99. The highest BCUT2D eigenvalue weighted by Gasteiger charge is 2.27. The van der Waals surface area contributed by atoms with Crippen molar-refractivity contribution in [2.45, 2.75) is 32.6 Å². The molecule has 1 aliphatic carbocycles. The van der Waals surface area contributed by atoms with Gasteiger partial charge in [0.25, 0.3) is 0 Å². The van der Waals surface area contributed by atoms with Crippen LogP contribution in [0.3, 0.4) is 0 Å². The van der Waals surface area contributed by atoms with Gasteiger partial charge in [0.1, 0.15) is 23.3 Å². The zero-order valence-electron chi connectivity index (χ0n) is 10.7. The summed E-state index contributed by atoms with van der Waals surface area (Å²) in [6.45, 7) is 4.91. The van der Waals surface area contributed by atoms with Crippen molar-refractivity contribution in [1.82, 2.24) is 19.5 Å². The molecule has 0 spiro atoms. The van der Waals surface area contributed by atoms with Crippen LogP contribution in [-0.2, 0) is 0 Å². The van der Waals surface area contributed by atoms with Crippen LogP contribution >= 0.6 is 0 Å². The second kappa shape index (κ2) is 4.40. The van der Waals surface area contributed by atoms with Crippen molar-refractivity contribution >= 4 is 5.82 Å². The summed E-state index contributed by atoms with van der Waals surface area (Å²) in [7, 11) is 0. The van der Waals surface area contributed by atoms with E-state index < -0.39 is 0 Å². The van der Waals surface area contributed by atoms with E-state index in [1.165, 1.54) is 12.8 Å². The standard InChI is InChI=1S/C13H17N5/c1-3-14-11-8-12(18-7-6-15-9(18)2)17-13(16-11)10-4-5-10/h6-8,10H,3-5H2,1-2H3,(H,14,16,17). The number of hydrogen-bond donors (Lipinski definition) is 1. The Hall–Kier alpha value is -1.91. The van der Waals surface area contributed by atoms with E-state index in [0.29, 0.717) is 5.92 Å². The van der Waals surface area contributed by atoms with Crippen molar-refractivity contribution in [3.63, 3.8) is 0 Å². The number of anilines is 1. The SMILES string of the molecule is CCNc1cc(-n2ccnc2C)nc(C2CC2)n1. The van der Waals surface area contributed by atoms with Crippen LogP contribution in [0.4, 0.5) is 5.82 Å². The second-order valence-electron chi connectivity index (χ2n) is 4.62. The second-order valence-corrected chi connectivity index (χ2v) is 4.62. The monoisotopic (exact) mass is 243 g/mol. The lowest BCUT2D eigenvalue weighted by molar-refractivity contribution is 0.859. The fraction of sp³-hybridized carbons (Fsp3) is 0.462. The molecule has 0 radical (unpaired) electrons. The van der Waals surface area contributed by atoms with Crippen molar-refractivity contribution in [3.8, 4) is 5.82 Å². The first kappa shape index (κ1) is 11.2. The van der Waals surface area contributed by atoms with Gasteiger partial charge < -0.3 is 5.32 Å². The van der Waals surface area contributed by atoms with E-state index in [-0.39, 0.29) is 0 Å². The fourth-order valence-electron chi connectivity index (χ4n) is 1.99. The normalized spacial score (nSPS) is 14.8. The number of hydrogen-bond acceptors (Lipinski definition) is 4. The van der Waals surface area contributed by atoms with Gasteiger partial charge in [0.05, 0.1) is 0 Å². The number of nitrogens with one attached hydrogen (secondary N) is 1. The predicted octanol–water partition coefficient (Wildman–Crippen LogP) is 2.28. The van der Waals surface area contributed by atoms with Crippen LogP contribution in [-0.4, -0.2) is 26.1 Å². The molecule has 1 saturated carbocycles. The van der Waals surface area contributed by atoms with Crippen LogP contribution in [0.25, 0.3) is 5.82 Å². The molecule has 3 rings (SSSR count). The van der Waals surface area contributed by atoms with Crippen LogP contribution < -0.4 is 5.32 Å². The van der Waals surface area contributed by atoms with Crippen molar-refractivity contribution in [2.24, 2.45) is 0 Å². The molecule has 2 heterocycles. The summed E-state index contributed by atoms with van der Waals surface area (Å²) in [5.41, 5.74) is 0. The van der Waals surface area contributed by atoms with Gasteiger partial charge in [-0.1, -0.05) is 0 Å². The molecule has 0 saturated heterocycles. The average molecular weight is 243 g/mol. The largest absolute Gasteiger partial charge is 0.370 e. The summed E-state index contributed by atoms with van der Waals surface area (Å²) in [5.74, 6) is 4.25. The molecule has 1 N–H and O–H groups in total. The number of aromatic nitrogens is 4. The molecule has 0 amide bonds. The van der Waals surface area contributed by atoms with Crippen LogP contribution in [0, 0.1) is 6.92 Å². The van der Waals surface area contributed by atoms with E-state index in [4.69, 9.17) is 0 Å². The van der Waals surface area contributed by atoms with Crippen LogP contribution in [0.2, 0.25) is 0 Å². The van der Waals surface area contributed by atoms with Crippen LogP contribution in [0.1, 0.15) is 37.3 Å². The maximum Gasteiger partial charge on any atom is 0.143 e. The molecule has 0 bridgehead atoms. The van der Waals surface area contributed by atoms with Crippen molar-refractivity contribution in [2.75, 3.05) is 11.9 Å². The lowest BCUT2D eigenvalue weighted by atomic mass is 10.3. The Balaban J connectivity index is 2.04. The minimum absolute atomic E-state index is 0.547. The van der Waals surface area contributed by atoms with Gasteiger partial charge in [0.2, 0.25) is 0 Å². The third-order valence-corrected chi connectivity index (χ3v) is 3.10. The van der Waals surface area contributed by atoms with Gasteiger partial charge in [0, 0.05) is 30.9 Å². The van der Waals surface area contributed by atoms with Gasteiger partial charge in [0.15, 0.2) is 0 Å². The Bertz CT molecular complexity index is 556. The van der Waals surface area contributed by atoms with Gasteiger partial charge in [-0.2, -0.15) is 0 Å². The van der Waals surface area contributed by atoms with E-state index in [2.05, 4.69) is 27.2 Å². The quantitative estimate of drug-likeness (QED) is 0.895. The number of imidazole rings is 1. The summed E-state index contributed by atoms with van der Waals surface area (Å²) >= 11 is 0. The summed E-state index contributed by atoms with van der Waals surface area (Å²) in [6, 6.07) is 1.98. The lowest BCUT2D eigenvalue weighted by Gasteiger charge is -2.10. The molecule has 0 atom stereocenters. The number of nitrogens with zero attached hydrogens (tertiary/aromatic N) is 4. The fourth-order valence-corrected chi connectivity index (χ4v) is 1.99. The van der Waals surface area contributed by atoms with E-state index in [1.807, 2.05) is 23.8 Å². The third kappa shape index (κ3) is 2.08. The first-order valence-corrected chi connectivity index (χ1v) is 6.41. The van der Waals surface area contributed by atoms with Crippen molar-refractivity contribution in [1.29, 1.82) is 0 Å². The zero-order valence-corrected chi connectivity index (χ0v) is 10.7. The molecule has 18 heavy (non-hydrogen) atoms. The molecular formula is C13H17N5. The summed E-state index contributed by atoms with van der Waals surface area (Å²) in [4.78, 5) is 13.5. The van der Waals surface area contributed by atoms with Gasteiger partial charge in [-0.15, -0.1) is 0 Å². The third-order valence-electron chi connectivity index (χ3n) is 3.10. The molecular weight excluding hydrogens is 226 g/mol. The first-order valence-electron chi connectivity index (χ1n) is 6.41. The van der Waals surface area contributed by atoms with E-state index in [9.17, 15) is 0 Å². The molecule has 0 unspecified atom stereocenters. The van der Waals surface area contributed by atoms with Crippen molar-refractivity contribution in [3.05, 3.63) is 30.1 Å². The van der Waals surface area contributed by atoms with Gasteiger partial charge in [-0.25, -0.2) is 15.0 Å². The molecule has 0 aromatic carbocycles. The summed E-state index contributed by atoms with van der Waals surface area (Å²) in [5, 5.41) is 3.27. The van der Waals surface area contributed by atoms with Gasteiger partial charge >= 0.3 is 0 Å². The lowest BCUT2D eigenvalue weighted by Crippen LogP contribution is -2.07. The maximum absolute atomic E-state index is 4.65. The Morgan fingerprint density at radius 2 is 2.22 bits per heavy atom. The van der Waals surface area contributed by atoms with Crippen LogP contribution in [0.15, 0.2) is 18.5 Å². The molecule has 0 aliphatic heterocycles. The molecule has 5 nitrogen and oxygen atoms in total. The first-order chi connectivity index (χ1) is 8.78. The Morgan fingerprint density at radius 1 is 1.39 bits per heavy atom. The Kier molecular flexibility index (Phi) is 2.74. The predicted molar refractivity (Wildman–Crippen MR) is 70.0 cm³/mol. The van der Waals surface area contributed by atoms with E-state index in [0.717, 1.165) is 29.8 Å². The topological polar surface area (TPSA) is 55.6 Å². The molecule has 2 aromatic heterocycles. The molecule has 1 fully saturated rings. The summed E-state index contributed by atoms with van der Waals surface area (Å²) in [6.07, 6.45) is 6.14. The van der Waals surface area contributed by atoms with Crippen molar-refractivity contribution < 1.29 is 0 Å².